The number of rotatable bonds is 1. The van der Waals surface area contributed by atoms with Crippen molar-refractivity contribution in [2.75, 3.05) is 6.54 Å². The highest BCUT2D eigenvalue weighted by Gasteiger charge is 2.16. The lowest BCUT2D eigenvalue weighted by Gasteiger charge is -2.08. The maximum absolute atomic E-state index is 4.33. The third-order valence-corrected chi connectivity index (χ3v) is 2.65. The summed E-state index contributed by atoms with van der Waals surface area (Å²) in [5.74, 6) is 0. The normalized spacial score (nSPS) is 22.9. The Morgan fingerprint density at radius 2 is 2.50 bits per heavy atom. The van der Waals surface area contributed by atoms with Gasteiger partial charge >= 0.3 is 0 Å². The fourth-order valence-electron chi connectivity index (χ4n) is 1.55. The van der Waals surface area contributed by atoms with Gasteiger partial charge in [-0.05, 0) is 31.5 Å². The molecule has 2 heterocycles. The van der Waals surface area contributed by atoms with E-state index < -0.39 is 0 Å². The second kappa shape index (κ2) is 3.54. The quantitative estimate of drug-likeness (QED) is 0.795. The Morgan fingerprint density at radius 1 is 1.58 bits per heavy atom. The van der Waals surface area contributed by atoms with E-state index in [0.717, 1.165) is 16.7 Å². The highest BCUT2D eigenvalue weighted by Crippen LogP contribution is 2.22. The van der Waals surface area contributed by atoms with Gasteiger partial charge in [-0.1, -0.05) is 15.9 Å². The van der Waals surface area contributed by atoms with E-state index in [1.54, 1.807) is 0 Å². The lowest BCUT2D eigenvalue weighted by atomic mass is 10.1. The van der Waals surface area contributed by atoms with E-state index in [4.69, 9.17) is 0 Å². The van der Waals surface area contributed by atoms with Gasteiger partial charge in [0.2, 0.25) is 0 Å². The van der Waals surface area contributed by atoms with Crippen molar-refractivity contribution in [1.82, 2.24) is 10.3 Å². The first kappa shape index (κ1) is 8.20. The molecule has 1 aromatic heterocycles. The zero-order valence-corrected chi connectivity index (χ0v) is 8.34. The van der Waals surface area contributed by atoms with Crippen LogP contribution in [0.4, 0.5) is 0 Å². The zero-order valence-electron chi connectivity index (χ0n) is 6.76. The number of halogens is 1. The summed E-state index contributed by atoms with van der Waals surface area (Å²) >= 11 is 3.44. The summed E-state index contributed by atoms with van der Waals surface area (Å²) in [7, 11) is 0. The van der Waals surface area contributed by atoms with Crippen LogP contribution in [0.5, 0.6) is 0 Å². The Hall–Kier alpha value is -0.410. The summed E-state index contributed by atoms with van der Waals surface area (Å²) in [6, 6.07) is 4.52. The molecule has 0 amide bonds. The SMILES string of the molecule is Brc1ccnc([C@H]2CCCN2)c1. The van der Waals surface area contributed by atoms with Gasteiger partial charge < -0.3 is 5.32 Å². The second-order valence-corrected chi connectivity index (χ2v) is 3.96. The summed E-state index contributed by atoms with van der Waals surface area (Å²) in [6.07, 6.45) is 4.32. The molecule has 1 fully saturated rings. The van der Waals surface area contributed by atoms with Crippen molar-refractivity contribution in [3.05, 3.63) is 28.5 Å². The standard InChI is InChI=1S/C9H11BrN2/c10-7-3-5-12-9(6-7)8-2-1-4-11-8/h3,5-6,8,11H,1-2,4H2/t8-/m1/s1. The first-order valence-corrected chi connectivity index (χ1v) is 5.00. The van der Waals surface area contributed by atoms with E-state index in [0.29, 0.717) is 6.04 Å². The van der Waals surface area contributed by atoms with Gasteiger partial charge in [-0.2, -0.15) is 0 Å². The summed E-state index contributed by atoms with van der Waals surface area (Å²) in [5, 5.41) is 3.42. The average Bonchev–Trinajstić information content (AvgIpc) is 2.56. The number of nitrogens with one attached hydrogen (secondary N) is 1. The first-order valence-electron chi connectivity index (χ1n) is 4.21. The van der Waals surface area contributed by atoms with Crippen LogP contribution in [0.15, 0.2) is 22.8 Å². The summed E-state index contributed by atoms with van der Waals surface area (Å²) in [6.45, 7) is 1.12. The second-order valence-electron chi connectivity index (χ2n) is 3.05. The van der Waals surface area contributed by atoms with E-state index in [1.807, 2.05) is 12.3 Å². The molecule has 0 radical (unpaired) electrons. The Morgan fingerprint density at radius 3 is 3.17 bits per heavy atom. The molecular formula is C9H11BrN2. The first-order chi connectivity index (χ1) is 5.86. The van der Waals surface area contributed by atoms with Crippen LogP contribution >= 0.6 is 15.9 Å². The predicted molar refractivity (Wildman–Crippen MR) is 51.9 cm³/mol. The molecule has 3 heteroatoms. The van der Waals surface area contributed by atoms with Crippen molar-refractivity contribution in [3.63, 3.8) is 0 Å². The van der Waals surface area contributed by atoms with Crippen LogP contribution in [0, 0.1) is 0 Å². The molecule has 0 spiro atoms. The van der Waals surface area contributed by atoms with Crippen LogP contribution in [-0.4, -0.2) is 11.5 Å². The van der Waals surface area contributed by atoms with Gasteiger partial charge in [-0.25, -0.2) is 0 Å². The maximum atomic E-state index is 4.33. The topological polar surface area (TPSA) is 24.9 Å². The van der Waals surface area contributed by atoms with Crippen molar-refractivity contribution < 1.29 is 0 Å². The lowest BCUT2D eigenvalue weighted by Crippen LogP contribution is -2.13. The van der Waals surface area contributed by atoms with Crippen molar-refractivity contribution >= 4 is 15.9 Å². The van der Waals surface area contributed by atoms with Crippen LogP contribution < -0.4 is 5.32 Å². The van der Waals surface area contributed by atoms with E-state index in [9.17, 15) is 0 Å². The van der Waals surface area contributed by atoms with Gasteiger partial charge in [0.05, 0.1) is 5.69 Å². The molecule has 1 saturated heterocycles. The van der Waals surface area contributed by atoms with Gasteiger partial charge in [0.1, 0.15) is 0 Å². The third kappa shape index (κ3) is 1.67. The maximum Gasteiger partial charge on any atom is 0.0584 e. The molecule has 0 unspecified atom stereocenters. The highest BCUT2D eigenvalue weighted by molar-refractivity contribution is 9.10. The minimum absolute atomic E-state index is 0.475. The molecular weight excluding hydrogens is 216 g/mol. The predicted octanol–water partition coefficient (Wildman–Crippen LogP) is 2.27. The Balaban J connectivity index is 2.21. The number of hydrogen-bond donors (Lipinski definition) is 1. The van der Waals surface area contributed by atoms with Crippen LogP contribution in [0.1, 0.15) is 24.6 Å². The fourth-order valence-corrected chi connectivity index (χ4v) is 1.90. The minimum atomic E-state index is 0.475. The smallest absolute Gasteiger partial charge is 0.0584 e. The van der Waals surface area contributed by atoms with Gasteiger partial charge in [0.25, 0.3) is 0 Å². The molecule has 0 aromatic carbocycles. The molecule has 1 aromatic rings. The van der Waals surface area contributed by atoms with E-state index in [2.05, 4.69) is 32.3 Å². The largest absolute Gasteiger partial charge is 0.309 e. The monoisotopic (exact) mass is 226 g/mol. The van der Waals surface area contributed by atoms with Crippen molar-refractivity contribution in [1.29, 1.82) is 0 Å². The number of nitrogens with zero attached hydrogens (tertiary/aromatic N) is 1. The molecule has 2 nitrogen and oxygen atoms in total. The molecule has 0 aliphatic carbocycles. The molecule has 1 aliphatic heterocycles. The summed E-state index contributed by atoms with van der Waals surface area (Å²) in [4.78, 5) is 4.33. The van der Waals surface area contributed by atoms with Crippen molar-refractivity contribution in [2.45, 2.75) is 18.9 Å². The highest BCUT2D eigenvalue weighted by atomic mass is 79.9. The van der Waals surface area contributed by atoms with Gasteiger partial charge in [-0.3, -0.25) is 4.98 Å². The van der Waals surface area contributed by atoms with E-state index in [1.165, 1.54) is 12.8 Å². The van der Waals surface area contributed by atoms with Gasteiger partial charge in [0.15, 0.2) is 0 Å². The van der Waals surface area contributed by atoms with Gasteiger partial charge in [0, 0.05) is 16.7 Å². The summed E-state index contributed by atoms with van der Waals surface area (Å²) in [5.41, 5.74) is 1.15. The molecule has 0 bridgehead atoms. The fraction of sp³-hybridized carbons (Fsp3) is 0.444. The van der Waals surface area contributed by atoms with E-state index in [-0.39, 0.29) is 0 Å². The average molecular weight is 227 g/mol. The minimum Gasteiger partial charge on any atom is -0.309 e. The molecule has 1 N–H and O–H groups in total. The molecule has 0 saturated carbocycles. The number of pyridine rings is 1. The Bertz CT molecular complexity index is 269. The zero-order chi connectivity index (χ0) is 8.39. The Kier molecular flexibility index (Phi) is 2.42. The number of aromatic nitrogens is 1. The van der Waals surface area contributed by atoms with Gasteiger partial charge in [-0.15, -0.1) is 0 Å². The van der Waals surface area contributed by atoms with Crippen LogP contribution in [0.3, 0.4) is 0 Å². The molecule has 2 rings (SSSR count). The lowest BCUT2D eigenvalue weighted by molar-refractivity contribution is 0.627. The molecule has 1 aliphatic rings. The molecule has 12 heavy (non-hydrogen) atoms. The van der Waals surface area contributed by atoms with Crippen LogP contribution in [0.25, 0.3) is 0 Å². The Labute approximate surface area is 80.5 Å². The number of hydrogen-bond acceptors (Lipinski definition) is 2. The third-order valence-electron chi connectivity index (χ3n) is 2.16. The molecule has 64 valence electrons. The van der Waals surface area contributed by atoms with E-state index >= 15 is 0 Å². The van der Waals surface area contributed by atoms with Crippen LogP contribution in [-0.2, 0) is 0 Å². The van der Waals surface area contributed by atoms with Crippen molar-refractivity contribution in [2.24, 2.45) is 0 Å². The van der Waals surface area contributed by atoms with Crippen LogP contribution in [0.2, 0.25) is 0 Å². The van der Waals surface area contributed by atoms with Crippen molar-refractivity contribution in [3.8, 4) is 0 Å². The summed E-state index contributed by atoms with van der Waals surface area (Å²) < 4.78 is 1.11. The molecule has 1 atom stereocenters.